The van der Waals surface area contributed by atoms with Crippen molar-refractivity contribution in [2.75, 3.05) is 26.4 Å². The van der Waals surface area contributed by atoms with Gasteiger partial charge in [-0.3, -0.25) is 0 Å². The fourth-order valence-corrected chi connectivity index (χ4v) is 4.45. The normalized spacial score (nSPS) is 10.5. The Labute approximate surface area is 203 Å². The molecule has 13 heteroatoms. The van der Waals surface area contributed by atoms with Gasteiger partial charge in [0.05, 0.1) is 37.8 Å². The van der Waals surface area contributed by atoms with E-state index in [2.05, 4.69) is 0 Å². The largest absolute Gasteiger partial charge is 6.00 e. The van der Waals surface area contributed by atoms with Gasteiger partial charge in [0, 0.05) is 0 Å². The summed E-state index contributed by atoms with van der Waals surface area (Å²) in [4.78, 5) is 0. The SMILES string of the molecule is CCCOP(=S)([S-])OCCC.CCCOP(=S)([S-])OCCC.[Mo+6].[S-2].[S-2]. The van der Waals surface area contributed by atoms with Crippen molar-refractivity contribution in [2.24, 2.45) is 0 Å². The van der Waals surface area contributed by atoms with Gasteiger partial charge in [-0.2, -0.15) is 0 Å². The van der Waals surface area contributed by atoms with Gasteiger partial charge in [-0.15, -0.1) is 0 Å². The van der Waals surface area contributed by atoms with Gasteiger partial charge in [0.15, 0.2) is 0 Å². The van der Waals surface area contributed by atoms with Gasteiger partial charge in [0.1, 0.15) is 0 Å². The molecule has 0 aromatic carbocycles. The van der Waals surface area contributed by atoms with Crippen molar-refractivity contribution >= 4 is 86.5 Å². The maximum Gasteiger partial charge on any atom is 6.00 e. The fourth-order valence-electron chi connectivity index (χ4n) is 0.887. The van der Waals surface area contributed by atoms with Gasteiger partial charge in [-0.25, -0.2) is 0 Å². The zero-order valence-electron chi connectivity index (χ0n) is 15.0. The van der Waals surface area contributed by atoms with E-state index in [9.17, 15) is 0 Å². The molecule has 0 aliphatic carbocycles. The zero-order valence-corrected chi connectivity index (χ0v) is 23.7. The van der Waals surface area contributed by atoms with Gasteiger partial charge in [-0.05, 0) is 25.7 Å². The number of rotatable bonds is 12. The Hall–Kier alpha value is 3.23. The van der Waals surface area contributed by atoms with E-state index in [-0.39, 0.29) is 48.1 Å². The van der Waals surface area contributed by atoms with Crippen LogP contribution in [-0.2, 0) is 114 Å². The molecule has 0 aromatic rings. The Morgan fingerprint density at radius 1 is 0.600 bits per heavy atom. The van der Waals surface area contributed by atoms with E-state index in [1.54, 1.807) is 0 Å². The van der Waals surface area contributed by atoms with Crippen molar-refractivity contribution in [1.82, 2.24) is 0 Å². The molecule has 0 rings (SSSR count). The smallest absolute Gasteiger partial charge is 2.00 e. The second-order valence-corrected chi connectivity index (χ2v) is 14.2. The molecule has 0 heterocycles. The van der Waals surface area contributed by atoms with E-state index >= 15 is 0 Å². The van der Waals surface area contributed by atoms with Crippen LogP contribution >= 0.6 is 11.4 Å². The van der Waals surface area contributed by atoms with E-state index in [0.29, 0.717) is 26.4 Å². The van der Waals surface area contributed by atoms with Crippen LogP contribution in [0.1, 0.15) is 53.4 Å². The third kappa shape index (κ3) is 32.1. The average molecular weight is 587 g/mol. The standard InChI is InChI=1S/2C6H15O2PS2.Mo.2S/c2*1-3-5-7-9(10,11)8-6-4-2;;;/h2*3-6H2,1-2H3,(H,10,11);;;/q;;+6;2*-2/p-2. The molecule has 0 atom stereocenters. The summed E-state index contributed by atoms with van der Waals surface area (Å²) in [7, 11) is 0. The van der Waals surface area contributed by atoms with E-state index < -0.39 is 11.4 Å². The van der Waals surface area contributed by atoms with E-state index in [1.807, 2.05) is 27.7 Å². The first kappa shape index (κ1) is 38.8. The molecule has 0 bridgehead atoms. The molecule has 0 aliphatic rings. The van der Waals surface area contributed by atoms with Gasteiger partial charge < -0.3 is 69.6 Å². The minimum atomic E-state index is -2.31. The molecule has 0 unspecified atom stereocenters. The molecule has 0 fully saturated rings. The number of hydrogen-bond donors (Lipinski definition) is 0. The molecule has 152 valence electrons. The summed E-state index contributed by atoms with van der Waals surface area (Å²) < 4.78 is 20.8. The number of hydrogen-bond acceptors (Lipinski definition) is 8. The van der Waals surface area contributed by atoms with Crippen molar-refractivity contribution in [2.45, 2.75) is 53.4 Å². The minimum Gasteiger partial charge on any atom is -2.00 e. The summed E-state index contributed by atoms with van der Waals surface area (Å²) in [5, 5.41) is 0. The summed E-state index contributed by atoms with van der Waals surface area (Å²) in [5.74, 6) is 0. The van der Waals surface area contributed by atoms with Crippen LogP contribution in [-0.4, -0.2) is 26.4 Å². The minimum absolute atomic E-state index is 0. The van der Waals surface area contributed by atoms with E-state index in [0.717, 1.165) is 25.7 Å². The van der Waals surface area contributed by atoms with Crippen LogP contribution in [0, 0.1) is 0 Å². The molecule has 0 aromatic heterocycles. The monoisotopic (exact) mass is 588 g/mol. The Kier molecular flexibility index (Phi) is 39.2. The first-order valence-electron chi connectivity index (χ1n) is 7.44. The molecule has 4 nitrogen and oxygen atoms in total. The molecule has 0 spiro atoms. The Morgan fingerprint density at radius 3 is 0.880 bits per heavy atom. The van der Waals surface area contributed by atoms with Crippen molar-refractivity contribution in [3.05, 3.63) is 0 Å². The second kappa shape index (κ2) is 25.3. The predicted octanol–water partition coefficient (Wildman–Crippen LogP) is 5.21. The fraction of sp³-hybridized carbons (Fsp3) is 1.00. The maximum atomic E-state index is 5.20. The van der Waals surface area contributed by atoms with E-state index in [4.69, 9.17) is 66.2 Å². The molecule has 0 radical (unpaired) electrons. The summed E-state index contributed by atoms with van der Waals surface area (Å²) in [6.07, 6.45) is 3.74. The second-order valence-electron chi connectivity index (χ2n) is 4.23. The van der Waals surface area contributed by atoms with Crippen LogP contribution in [0.25, 0.3) is 0 Å². The summed E-state index contributed by atoms with van der Waals surface area (Å²) in [6, 6.07) is 0. The van der Waals surface area contributed by atoms with Gasteiger partial charge in [-0.1, -0.05) is 51.3 Å². The molecule has 0 saturated carbocycles. The topological polar surface area (TPSA) is 36.9 Å². The molecule has 0 amide bonds. The van der Waals surface area contributed by atoms with Crippen molar-refractivity contribution in [3.63, 3.8) is 0 Å². The Morgan fingerprint density at radius 2 is 0.760 bits per heavy atom. The van der Waals surface area contributed by atoms with Gasteiger partial charge in [0.25, 0.3) is 0 Å². The third-order valence-corrected chi connectivity index (χ3v) is 6.34. The van der Waals surface area contributed by atoms with Crippen molar-refractivity contribution < 1.29 is 39.2 Å². The van der Waals surface area contributed by atoms with Crippen LogP contribution < -0.4 is 0 Å². The zero-order chi connectivity index (χ0) is 17.5. The first-order valence-corrected chi connectivity index (χ1v) is 14.7. The third-order valence-electron chi connectivity index (χ3n) is 1.81. The van der Waals surface area contributed by atoms with Crippen LogP contribution in [0.5, 0.6) is 0 Å². The van der Waals surface area contributed by atoms with Crippen LogP contribution in [0.2, 0.25) is 0 Å². The molecule has 0 aliphatic heterocycles. The van der Waals surface area contributed by atoms with Gasteiger partial charge >= 0.3 is 21.1 Å². The van der Waals surface area contributed by atoms with Gasteiger partial charge in [0.2, 0.25) is 0 Å². The first-order chi connectivity index (χ1) is 10.2. The molecule has 0 saturated heterocycles. The van der Waals surface area contributed by atoms with Crippen molar-refractivity contribution in [1.29, 1.82) is 0 Å². The van der Waals surface area contributed by atoms with E-state index in [1.165, 1.54) is 0 Å². The van der Waals surface area contributed by atoms with Crippen LogP contribution in [0.15, 0.2) is 0 Å². The predicted molar refractivity (Wildman–Crippen MR) is 123 cm³/mol. The van der Waals surface area contributed by atoms with Crippen LogP contribution in [0.4, 0.5) is 0 Å². The Balaban J connectivity index is -0.0000000952. The molecular weight excluding hydrogens is 558 g/mol. The molecular formula is C12H28MoO4P2S6. The summed E-state index contributed by atoms with van der Waals surface area (Å²) in [6.45, 7) is 10.5. The average Bonchev–Trinajstić information content (AvgIpc) is 2.48. The van der Waals surface area contributed by atoms with Crippen molar-refractivity contribution in [3.8, 4) is 0 Å². The summed E-state index contributed by atoms with van der Waals surface area (Å²) in [5.41, 5.74) is -4.62. The van der Waals surface area contributed by atoms with Crippen LogP contribution in [0.3, 0.4) is 0 Å². The summed E-state index contributed by atoms with van der Waals surface area (Å²) >= 11 is 19.8. The Bertz CT molecular complexity index is 300. The molecule has 25 heavy (non-hydrogen) atoms. The molecule has 0 N–H and O–H groups in total. The maximum absolute atomic E-state index is 5.20. The quantitative estimate of drug-likeness (QED) is 0.175.